The number of anilines is 1. The lowest BCUT2D eigenvalue weighted by Crippen LogP contribution is -2.33. The Hall–Kier alpha value is -2.07. The average Bonchev–Trinajstić information content (AvgIpc) is 3.06. The summed E-state index contributed by atoms with van der Waals surface area (Å²) in [6.45, 7) is 1.23. The number of fused-ring (bicyclic) bond motifs is 1. The molecule has 0 spiro atoms. The van der Waals surface area contributed by atoms with E-state index >= 15 is 0 Å². The predicted molar refractivity (Wildman–Crippen MR) is 121 cm³/mol. The van der Waals surface area contributed by atoms with Crippen molar-refractivity contribution in [2.75, 3.05) is 38.3 Å². The van der Waals surface area contributed by atoms with E-state index in [-0.39, 0.29) is 29.0 Å². The monoisotopic (exact) mass is 471 g/mol. The number of rotatable bonds is 7. The number of hydrogen-bond donors (Lipinski definition) is 0. The largest absolute Gasteiger partial charge is 0.309 e. The highest BCUT2D eigenvalue weighted by atomic mass is 35.5. The molecular formula is C20H23ClFN3O3S2. The van der Waals surface area contributed by atoms with Gasteiger partial charge in [0, 0.05) is 18.4 Å². The van der Waals surface area contributed by atoms with E-state index < -0.39 is 9.84 Å². The third kappa shape index (κ3) is 5.75. The van der Waals surface area contributed by atoms with Gasteiger partial charge in [0.25, 0.3) is 5.91 Å². The molecule has 30 heavy (non-hydrogen) atoms. The first kappa shape index (κ1) is 24.2. The van der Waals surface area contributed by atoms with Gasteiger partial charge in [-0.2, -0.15) is 0 Å². The molecule has 1 heterocycles. The van der Waals surface area contributed by atoms with Crippen LogP contribution in [0.1, 0.15) is 16.8 Å². The quantitative estimate of drug-likeness (QED) is 0.523. The molecule has 0 radical (unpaired) electrons. The zero-order chi connectivity index (χ0) is 21.2. The first-order valence-corrected chi connectivity index (χ1v) is 11.7. The topological polar surface area (TPSA) is 70.6 Å². The molecule has 0 aliphatic carbocycles. The minimum Gasteiger partial charge on any atom is -0.309 e. The molecular weight excluding hydrogens is 449 g/mol. The van der Waals surface area contributed by atoms with Crippen LogP contribution in [0.2, 0.25) is 0 Å². The number of amides is 1. The Morgan fingerprint density at radius 1 is 1.10 bits per heavy atom. The maximum Gasteiger partial charge on any atom is 0.260 e. The second kappa shape index (κ2) is 9.82. The summed E-state index contributed by atoms with van der Waals surface area (Å²) >= 11 is 1.25. The molecule has 2 aromatic carbocycles. The van der Waals surface area contributed by atoms with E-state index in [2.05, 4.69) is 4.98 Å². The highest BCUT2D eigenvalue weighted by Gasteiger charge is 2.22. The van der Waals surface area contributed by atoms with Gasteiger partial charge in [-0.15, -0.1) is 12.4 Å². The molecule has 10 heteroatoms. The molecule has 0 saturated heterocycles. The molecule has 0 atom stereocenters. The third-order valence-electron chi connectivity index (χ3n) is 4.33. The van der Waals surface area contributed by atoms with Crippen molar-refractivity contribution in [2.45, 2.75) is 11.3 Å². The molecule has 0 N–H and O–H groups in total. The van der Waals surface area contributed by atoms with Gasteiger partial charge in [-0.05, 0) is 69.5 Å². The minimum absolute atomic E-state index is 0. The van der Waals surface area contributed by atoms with Gasteiger partial charge in [0.2, 0.25) is 0 Å². The first-order chi connectivity index (χ1) is 13.6. The minimum atomic E-state index is -3.34. The number of halogens is 2. The number of aromatic nitrogens is 1. The molecule has 162 valence electrons. The standard InChI is InChI=1S/C20H22FN3O3S2.ClH/c1-23(2)11-4-12-24(20-22-17-10-7-15(21)13-18(17)28-20)19(25)14-5-8-16(9-6-14)29(3,26)27;/h5-10,13H,4,11-12H2,1-3H3;1H. The number of hydrogen-bond acceptors (Lipinski definition) is 6. The molecule has 0 unspecified atom stereocenters. The van der Waals surface area contributed by atoms with Crippen LogP contribution in [0, 0.1) is 5.82 Å². The summed E-state index contributed by atoms with van der Waals surface area (Å²) in [6.07, 6.45) is 1.85. The summed E-state index contributed by atoms with van der Waals surface area (Å²) in [5.74, 6) is -0.627. The molecule has 0 aliphatic heterocycles. The zero-order valence-corrected chi connectivity index (χ0v) is 19.3. The van der Waals surface area contributed by atoms with Crippen LogP contribution in [0.5, 0.6) is 0 Å². The molecule has 1 aromatic heterocycles. The fourth-order valence-electron chi connectivity index (χ4n) is 2.83. The number of carbonyl (C=O) groups excluding carboxylic acids is 1. The van der Waals surface area contributed by atoms with Gasteiger partial charge >= 0.3 is 0 Å². The summed E-state index contributed by atoms with van der Waals surface area (Å²) < 4.78 is 37.5. The number of thiazole rings is 1. The van der Waals surface area contributed by atoms with Crippen molar-refractivity contribution in [3.8, 4) is 0 Å². The van der Waals surface area contributed by atoms with Crippen molar-refractivity contribution < 1.29 is 17.6 Å². The van der Waals surface area contributed by atoms with E-state index in [4.69, 9.17) is 0 Å². The van der Waals surface area contributed by atoms with Crippen LogP contribution in [0.4, 0.5) is 9.52 Å². The Labute approximate surface area is 185 Å². The van der Waals surface area contributed by atoms with Crippen molar-refractivity contribution in [3.05, 3.63) is 53.8 Å². The van der Waals surface area contributed by atoms with Crippen LogP contribution in [0.25, 0.3) is 10.2 Å². The van der Waals surface area contributed by atoms with E-state index in [9.17, 15) is 17.6 Å². The van der Waals surface area contributed by atoms with Gasteiger partial charge in [-0.3, -0.25) is 9.69 Å². The van der Waals surface area contributed by atoms with Crippen LogP contribution >= 0.6 is 23.7 Å². The Kier molecular flexibility index (Phi) is 7.93. The number of benzene rings is 2. The maximum absolute atomic E-state index is 13.5. The fourth-order valence-corrected chi connectivity index (χ4v) is 4.48. The second-order valence-corrected chi connectivity index (χ2v) is 10.0. The highest BCUT2D eigenvalue weighted by Crippen LogP contribution is 2.30. The van der Waals surface area contributed by atoms with Crippen LogP contribution < -0.4 is 4.90 Å². The molecule has 6 nitrogen and oxygen atoms in total. The molecule has 0 fully saturated rings. The van der Waals surface area contributed by atoms with Crippen molar-refractivity contribution in [1.29, 1.82) is 0 Å². The predicted octanol–water partition coefficient (Wildman–Crippen LogP) is 3.86. The Bertz CT molecular complexity index is 1130. The molecule has 1 amide bonds. The van der Waals surface area contributed by atoms with Gasteiger partial charge in [0.1, 0.15) is 5.82 Å². The molecule has 0 saturated carbocycles. The first-order valence-electron chi connectivity index (χ1n) is 8.98. The summed E-state index contributed by atoms with van der Waals surface area (Å²) in [5, 5.41) is 0.488. The smallest absolute Gasteiger partial charge is 0.260 e. The highest BCUT2D eigenvalue weighted by molar-refractivity contribution is 7.90. The molecule has 0 aliphatic rings. The van der Waals surface area contributed by atoms with Crippen LogP contribution in [0.3, 0.4) is 0 Å². The average molecular weight is 472 g/mol. The summed E-state index contributed by atoms with van der Waals surface area (Å²) in [6, 6.07) is 10.2. The third-order valence-corrected chi connectivity index (χ3v) is 6.50. The molecule has 0 bridgehead atoms. The van der Waals surface area contributed by atoms with Gasteiger partial charge in [0.15, 0.2) is 15.0 Å². The number of nitrogens with zero attached hydrogens (tertiary/aromatic N) is 3. The second-order valence-electron chi connectivity index (χ2n) is 7.02. The van der Waals surface area contributed by atoms with Crippen LogP contribution in [0.15, 0.2) is 47.4 Å². The van der Waals surface area contributed by atoms with E-state index in [0.717, 1.165) is 19.2 Å². The van der Waals surface area contributed by atoms with Gasteiger partial charge in [-0.25, -0.2) is 17.8 Å². The van der Waals surface area contributed by atoms with Gasteiger partial charge in [-0.1, -0.05) is 11.3 Å². The van der Waals surface area contributed by atoms with Crippen molar-refractivity contribution in [1.82, 2.24) is 9.88 Å². The summed E-state index contributed by atoms with van der Waals surface area (Å²) in [7, 11) is 0.571. The lowest BCUT2D eigenvalue weighted by atomic mass is 10.2. The van der Waals surface area contributed by atoms with Crippen molar-refractivity contribution >= 4 is 54.8 Å². The normalized spacial score (nSPS) is 11.5. The van der Waals surface area contributed by atoms with Crippen LogP contribution in [-0.4, -0.2) is 57.6 Å². The van der Waals surface area contributed by atoms with Gasteiger partial charge < -0.3 is 4.90 Å². The summed E-state index contributed by atoms with van der Waals surface area (Å²) in [4.78, 5) is 21.4. The van der Waals surface area contributed by atoms with Crippen LogP contribution in [-0.2, 0) is 9.84 Å². The lowest BCUT2D eigenvalue weighted by molar-refractivity contribution is 0.0986. The molecule has 3 aromatic rings. The van der Waals surface area contributed by atoms with Crippen molar-refractivity contribution in [2.24, 2.45) is 0 Å². The van der Waals surface area contributed by atoms with Crippen molar-refractivity contribution in [3.63, 3.8) is 0 Å². The number of sulfone groups is 1. The Morgan fingerprint density at radius 3 is 2.37 bits per heavy atom. The Balaban J connectivity index is 0.00000320. The Morgan fingerprint density at radius 2 is 1.77 bits per heavy atom. The van der Waals surface area contributed by atoms with Gasteiger partial charge in [0.05, 0.1) is 15.1 Å². The fraction of sp³-hybridized carbons (Fsp3) is 0.300. The maximum atomic E-state index is 13.5. The summed E-state index contributed by atoms with van der Waals surface area (Å²) in [5.41, 5.74) is 0.997. The SMILES string of the molecule is CN(C)CCCN(C(=O)c1ccc(S(C)(=O)=O)cc1)c1nc2ccc(F)cc2s1.Cl. The zero-order valence-electron chi connectivity index (χ0n) is 16.8. The van der Waals surface area contributed by atoms with E-state index in [1.165, 1.54) is 47.7 Å². The lowest BCUT2D eigenvalue weighted by Gasteiger charge is -2.21. The van der Waals surface area contributed by atoms with E-state index in [0.29, 0.717) is 27.5 Å². The van der Waals surface area contributed by atoms with E-state index in [1.54, 1.807) is 11.0 Å². The van der Waals surface area contributed by atoms with E-state index in [1.807, 2.05) is 19.0 Å². The molecule has 3 rings (SSSR count). The number of carbonyl (C=O) groups is 1.